The molecule has 12 heteroatoms. The van der Waals surface area contributed by atoms with E-state index >= 15 is 0 Å². The van der Waals surface area contributed by atoms with Gasteiger partial charge in [0.05, 0.1) is 27.1 Å². The summed E-state index contributed by atoms with van der Waals surface area (Å²) in [6, 6.07) is 9.32. The Kier molecular flexibility index (Phi) is 9.86. The van der Waals surface area contributed by atoms with Crippen molar-refractivity contribution in [3.8, 4) is 0 Å². The molecule has 4 rings (SSSR count). The molecule has 1 aliphatic carbocycles. The van der Waals surface area contributed by atoms with Crippen molar-refractivity contribution >= 4 is 64.5 Å². The van der Waals surface area contributed by atoms with E-state index in [0.29, 0.717) is 17.0 Å². The Morgan fingerprint density at radius 2 is 1.73 bits per heavy atom. The van der Waals surface area contributed by atoms with Gasteiger partial charge in [-0.15, -0.1) is 11.8 Å². The maximum Gasteiger partial charge on any atom is 0.411 e. The molecule has 1 saturated carbocycles. The number of aliphatic carboxylic acids is 1. The smallest absolute Gasteiger partial charge is 0.411 e. The largest absolute Gasteiger partial charge is 0.480 e. The van der Waals surface area contributed by atoms with E-state index in [1.807, 2.05) is 0 Å². The van der Waals surface area contributed by atoms with E-state index in [0.717, 1.165) is 32.1 Å². The highest BCUT2D eigenvalue weighted by molar-refractivity contribution is 8.01. The number of carboxylic acid groups (broad SMARTS) is 1. The fourth-order valence-electron chi connectivity index (χ4n) is 5.17. The SMILES string of the molecule is CCOC(=O)N1[C@@H](C(=O)N[C@@H](Cc2ccc(NC(=O)c3c(Cl)cccc3Cl)cc2)C(=O)O)CSC12CCCCC2. The number of rotatable bonds is 8. The molecular formula is C28H31Cl2N3O6S. The van der Waals surface area contributed by atoms with E-state index in [9.17, 15) is 24.3 Å². The minimum Gasteiger partial charge on any atom is -0.480 e. The molecule has 1 saturated heterocycles. The van der Waals surface area contributed by atoms with Crippen molar-refractivity contribution in [1.82, 2.24) is 10.2 Å². The average Bonchev–Trinajstić information content (AvgIpc) is 3.28. The zero-order valence-electron chi connectivity index (χ0n) is 22.0. The van der Waals surface area contributed by atoms with Crippen LogP contribution in [0.2, 0.25) is 10.0 Å². The molecule has 9 nitrogen and oxygen atoms in total. The summed E-state index contributed by atoms with van der Waals surface area (Å²) in [5, 5.41) is 15.7. The molecule has 3 N–H and O–H groups in total. The number of carbonyl (C=O) groups excluding carboxylic acids is 3. The Balaban J connectivity index is 1.43. The molecule has 2 fully saturated rings. The number of carboxylic acids is 1. The van der Waals surface area contributed by atoms with Gasteiger partial charge in [0, 0.05) is 17.9 Å². The van der Waals surface area contributed by atoms with Crippen LogP contribution < -0.4 is 10.6 Å². The summed E-state index contributed by atoms with van der Waals surface area (Å²) in [5.41, 5.74) is 1.25. The Morgan fingerprint density at radius 1 is 1.07 bits per heavy atom. The number of anilines is 1. The van der Waals surface area contributed by atoms with Gasteiger partial charge in [0.25, 0.3) is 5.91 Å². The fourth-order valence-corrected chi connectivity index (χ4v) is 7.42. The number of carbonyl (C=O) groups is 4. The Bertz CT molecular complexity index is 1250. The average molecular weight is 609 g/mol. The summed E-state index contributed by atoms with van der Waals surface area (Å²) in [4.78, 5) is 52.1. The Hall–Kier alpha value is -2.95. The van der Waals surface area contributed by atoms with E-state index in [1.54, 1.807) is 61.2 Å². The lowest BCUT2D eigenvalue weighted by molar-refractivity contribution is -0.142. The molecule has 3 amide bonds. The lowest BCUT2D eigenvalue weighted by Crippen LogP contribution is -2.57. The molecule has 0 aromatic heterocycles. The summed E-state index contributed by atoms with van der Waals surface area (Å²) in [6.07, 6.45) is 4.00. The molecule has 1 aliphatic heterocycles. The number of thioether (sulfide) groups is 1. The maximum atomic E-state index is 13.4. The van der Waals surface area contributed by atoms with Crippen molar-refractivity contribution in [2.45, 2.75) is 62.4 Å². The summed E-state index contributed by atoms with van der Waals surface area (Å²) in [6.45, 7) is 1.90. The minimum atomic E-state index is -1.22. The number of amides is 3. The molecule has 1 spiro atoms. The third-order valence-electron chi connectivity index (χ3n) is 7.12. The quantitative estimate of drug-likeness (QED) is 0.357. The van der Waals surface area contributed by atoms with Crippen LogP contribution in [0.25, 0.3) is 0 Å². The van der Waals surface area contributed by atoms with Crippen molar-refractivity contribution in [3.05, 3.63) is 63.6 Å². The lowest BCUT2D eigenvalue weighted by Gasteiger charge is -2.41. The zero-order chi connectivity index (χ0) is 28.9. The highest BCUT2D eigenvalue weighted by Gasteiger charge is 2.53. The van der Waals surface area contributed by atoms with Gasteiger partial charge in [-0.05, 0) is 49.6 Å². The first-order chi connectivity index (χ1) is 19.1. The monoisotopic (exact) mass is 607 g/mol. The number of hydrogen-bond donors (Lipinski definition) is 3. The van der Waals surface area contributed by atoms with Crippen LogP contribution in [0.5, 0.6) is 0 Å². The van der Waals surface area contributed by atoms with Gasteiger partial charge in [0.1, 0.15) is 12.1 Å². The topological polar surface area (TPSA) is 125 Å². The number of nitrogens with one attached hydrogen (secondary N) is 2. The maximum absolute atomic E-state index is 13.4. The summed E-state index contributed by atoms with van der Waals surface area (Å²) >= 11 is 13.8. The second-order valence-corrected chi connectivity index (χ2v) is 12.0. The van der Waals surface area contributed by atoms with Gasteiger partial charge < -0.3 is 20.5 Å². The molecular weight excluding hydrogens is 577 g/mol. The molecule has 2 aromatic rings. The van der Waals surface area contributed by atoms with Crippen molar-refractivity contribution in [1.29, 1.82) is 0 Å². The minimum absolute atomic E-state index is 0.00997. The van der Waals surface area contributed by atoms with Crippen LogP contribution in [0.4, 0.5) is 10.5 Å². The standard InChI is InChI=1S/C28H31Cl2N3O6S/c1-2-39-27(38)33-22(16-40-28(33)13-4-3-5-14-28)24(34)32-21(26(36)37)15-17-9-11-18(12-10-17)31-25(35)23-19(29)7-6-8-20(23)30/h6-12,21-22H,2-5,13-16H2,1H3,(H,31,35)(H,32,34)(H,36,37)/t21-,22+/m0/s1. The van der Waals surface area contributed by atoms with Crippen LogP contribution in [0.15, 0.2) is 42.5 Å². The zero-order valence-corrected chi connectivity index (χ0v) is 24.3. The number of benzene rings is 2. The van der Waals surface area contributed by atoms with Crippen LogP contribution in [-0.4, -0.2) is 63.2 Å². The highest BCUT2D eigenvalue weighted by atomic mass is 35.5. The Morgan fingerprint density at radius 3 is 2.33 bits per heavy atom. The first kappa shape index (κ1) is 30.0. The predicted octanol–water partition coefficient (Wildman–Crippen LogP) is 5.59. The Labute approximate surface area is 246 Å². The van der Waals surface area contributed by atoms with Crippen molar-refractivity contribution in [2.75, 3.05) is 17.7 Å². The van der Waals surface area contributed by atoms with E-state index in [1.165, 1.54) is 4.90 Å². The lowest BCUT2D eigenvalue weighted by atomic mass is 9.92. The third kappa shape index (κ3) is 6.67. The molecule has 0 radical (unpaired) electrons. The van der Waals surface area contributed by atoms with E-state index in [2.05, 4.69) is 10.6 Å². The van der Waals surface area contributed by atoms with Crippen molar-refractivity contribution in [2.24, 2.45) is 0 Å². The van der Waals surface area contributed by atoms with Gasteiger partial charge in [-0.2, -0.15) is 0 Å². The molecule has 214 valence electrons. The van der Waals surface area contributed by atoms with Crippen molar-refractivity contribution < 1.29 is 29.0 Å². The summed E-state index contributed by atoms with van der Waals surface area (Å²) in [5.74, 6) is -1.81. The van der Waals surface area contributed by atoms with Gasteiger partial charge in [0.15, 0.2) is 0 Å². The summed E-state index contributed by atoms with van der Waals surface area (Å²) < 4.78 is 5.29. The van der Waals surface area contributed by atoms with Gasteiger partial charge in [-0.25, -0.2) is 9.59 Å². The third-order valence-corrected chi connectivity index (χ3v) is 9.37. The molecule has 0 bridgehead atoms. The fraction of sp³-hybridized carbons (Fsp3) is 0.429. The van der Waals surface area contributed by atoms with E-state index < -0.39 is 40.8 Å². The van der Waals surface area contributed by atoms with Gasteiger partial charge in [-0.3, -0.25) is 14.5 Å². The van der Waals surface area contributed by atoms with Crippen LogP contribution in [-0.2, 0) is 20.7 Å². The van der Waals surface area contributed by atoms with E-state index in [-0.39, 0.29) is 28.6 Å². The van der Waals surface area contributed by atoms with Gasteiger partial charge >= 0.3 is 12.1 Å². The van der Waals surface area contributed by atoms with Crippen LogP contribution in [0.1, 0.15) is 54.9 Å². The predicted molar refractivity (Wildman–Crippen MR) is 155 cm³/mol. The number of hydrogen-bond acceptors (Lipinski definition) is 6. The van der Waals surface area contributed by atoms with Crippen LogP contribution in [0.3, 0.4) is 0 Å². The second kappa shape index (κ2) is 13.1. The molecule has 1 heterocycles. The summed E-state index contributed by atoms with van der Waals surface area (Å²) in [7, 11) is 0. The molecule has 2 aromatic carbocycles. The molecule has 0 unspecified atom stereocenters. The molecule has 2 aliphatic rings. The van der Waals surface area contributed by atoms with Crippen molar-refractivity contribution in [3.63, 3.8) is 0 Å². The first-order valence-corrected chi connectivity index (χ1v) is 14.9. The number of nitrogens with zero attached hydrogens (tertiary/aromatic N) is 1. The van der Waals surface area contributed by atoms with Crippen LogP contribution in [0, 0.1) is 0 Å². The van der Waals surface area contributed by atoms with Crippen LogP contribution >= 0.6 is 35.0 Å². The number of ether oxygens (including phenoxy) is 1. The molecule has 2 atom stereocenters. The second-order valence-electron chi connectivity index (χ2n) is 9.75. The molecule has 40 heavy (non-hydrogen) atoms. The first-order valence-electron chi connectivity index (χ1n) is 13.1. The highest BCUT2D eigenvalue weighted by Crippen LogP contribution is 2.49. The normalized spacial score (nSPS) is 18.7. The van der Waals surface area contributed by atoms with Gasteiger partial charge in [-0.1, -0.05) is 60.7 Å². The number of halogens is 2. The van der Waals surface area contributed by atoms with E-state index in [4.69, 9.17) is 27.9 Å². The van der Waals surface area contributed by atoms with Gasteiger partial charge in [0.2, 0.25) is 5.91 Å².